The van der Waals surface area contributed by atoms with Crippen LogP contribution in [0.25, 0.3) is 0 Å². The lowest BCUT2D eigenvalue weighted by atomic mass is 10.2. The Morgan fingerprint density at radius 2 is 1.95 bits per heavy atom. The molecule has 1 heterocycles. The van der Waals surface area contributed by atoms with E-state index >= 15 is 0 Å². The van der Waals surface area contributed by atoms with Crippen molar-refractivity contribution < 1.29 is 9.47 Å². The van der Waals surface area contributed by atoms with Crippen LogP contribution in [0.5, 0.6) is 11.5 Å². The van der Waals surface area contributed by atoms with E-state index in [2.05, 4.69) is 12.2 Å². The number of benzene rings is 1. The summed E-state index contributed by atoms with van der Waals surface area (Å²) in [4.78, 5) is 1.18. The highest BCUT2D eigenvalue weighted by Crippen LogP contribution is 2.34. The molecular weight excluding hydrogens is 282 g/mol. The summed E-state index contributed by atoms with van der Waals surface area (Å²) in [5.41, 5.74) is 0.931. The molecule has 0 amide bonds. The number of nitrogens with one attached hydrogen (secondary N) is 1. The van der Waals surface area contributed by atoms with Gasteiger partial charge in [0, 0.05) is 10.9 Å². The fraction of sp³-hybridized carbons (Fsp3) is 0.286. The molecule has 1 atom stereocenters. The molecule has 0 radical (unpaired) electrons. The Hall–Kier alpha value is -1.39. The maximum absolute atomic E-state index is 5.96. The van der Waals surface area contributed by atoms with Gasteiger partial charge in [-0.15, -0.1) is 11.3 Å². The van der Waals surface area contributed by atoms with Gasteiger partial charge in [-0.2, -0.15) is 0 Å². The highest BCUT2D eigenvalue weighted by atomic mass is 35.5. The molecule has 0 fully saturated rings. The van der Waals surface area contributed by atoms with E-state index in [1.807, 2.05) is 30.3 Å². The monoisotopic (exact) mass is 297 g/mol. The van der Waals surface area contributed by atoms with Gasteiger partial charge < -0.3 is 14.8 Å². The average Bonchev–Trinajstić information content (AvgIpc) is 2.86. The van der Waals surface area contributed by atoms with Crippen molar-refractivity contribution in [2.45, 2.75) is 13.0 Å². The molecule has 1 aromatic heterocycles. The summed E-state index contributed by atoms with van der Waals surface area (Å²) in [6, 6.07) is 9.81. The predicted octanol–water partition coefficient (Wildman–Crippen LogP) is 4.59. The Morgan fingerprint density at radius 1 is 1.16 bits per heavy atom. The molecular formula is C14H16ClNO2S. The van der Waals surface area contributed by atoms with Crippen molar-refractivity contribution in [3.8, 4) is 11.5 Å². The quantitative estimate of drug-likeness (QED) is 0.875. The number of anilines is 1. The number of thiophene rings is 1. The Balaban J connectivity index is 2.18. The van der Waals surface area contributed by atoms with Crippen molar-refractivity contribution in [1.29, 1.82) is 0 Å². The fourth-order valence-corrected chi connectivity index (χ4v) is 2.85. The topological polar surface area (TPSA) is 30.5 Å². The number of methoxy groups -OCH3 is 2. The maximum Gasteiger partial charge on any atom is 0.145 e. The molecule has 2 rings (SSSR count). The minimum absolute atomic E-state index is 0.166. The lowest BCUT2D eigenvalue weighted by molar-refractivity contribution is 0.395. The first-order valence-electron chi connectivity index (χ1n) is 5.88. The summed E-state index contributed by atoms with van der Waals surface area (Å²) in [5, 5.41) is 3.41. The van der Waals surface area contributed by atoms with Gasteiger partial charge in [0.15, 0.2) is 0 Å². The smallest absolute Gasteiger partial charge is 0.145 e. The first-order valence-corrected chi connectivity index (χ1v) is 7.07. The third kappa shape index (κ3) is 3.33. The van der Waals surface area contributed by atoms with Crippen molar-refractivity contribution in [1.82, 2.24) is 0 Å². The van der Waals surface area contributed by atoms with E-state index in [0.717, 1.165) is 21.5 Å². The molecule has 5 heteroatoms. The van der Waals surface area contributed by atoms with E-state index in [1.54, 1.807) is 25.6 Å². The zero-order valence-electron chi connectivity index (χ0n) is 11.1. The minimum Gasteiger partial charge on any atom is -0.497 e. The summed E-state index contributed by atoms with van der Waals surface area (Å²) < 4.78 is 11.3. The molecule has 0 saturated heterocycles. The van der Waals surface area contributed by atoms with Crippen LogP contribution in [0, 0.1) is 0 Å². The maximum atomic E-state index is 5.96. The van der Waals surface area contributed by atoms with Crippen LogP contribution in [-0.2, 0) is 0 Å². The molecule has 0 saturated carbocycles. The molecule has 0 spiro atoms. The second-order valence-corrected chi connectivity index (χ2v) is 5.82. The Bertz CT molecular complexity index is 556. The number of ether oxygens (including phenoxy) is 2. The Morgan fingerprint density at radius 3 is 2.53 bits per heavy atom. The zero-order chi connectivity index (χ0) is 13.8. The molecule has 1 N–H and O–H groups in total. The van der Waals surface area contributed by atoms with E-state index in [-0.39, 0.29) is 6.04 Å². The third-order valence-corrected chi connectivity index (χ3v) is 4.22. The van der Waals surface area contributed by atoms with Gasteiger partial charge in [0.2, 0.25) is 0 Å². The first kappa shape index (κ1) is 14.0. The normalized spacial score (nSPS) is 12.0. The minimum atomic E-state index is 0.166. The van der Waals surface area contributed by atoms with E-state index < -0.39 is 0 Å². The second-order valence-electron chi connectivity index (χ2n) is 4.07. The highest BCUT2D eigenvalue weighted by molar-refractivity contribution is 7.16. The largest absolute Gasteiger partial charge is 0.497 e. The van der Waals surface area contributed by atoms with Crippen molar-refractivity contribution in [2.24, 2.45) is 0 Å². The summed E-state index contributed by atoms with van der Waals surface area (Å²) in [6.45, 7) is 2.09. The van der Waals surface area contributed by atoms with E-state index in [1.165, 1.54) is 4.88 Å². The molecule has 0 aliphatic carbocycles. The Labute approximate surface area is 122 Å². The summed E-state index contributed by atoms with van der Waals surface area (Å²) in [7, 11) is 3.28. The standard InChI is InChI=1S/C14H16ClNO2S/c1-9(13-6-7-14(15)19-13)16-11-5-4-10(17-2)8-12(11)18-3/h4-9,16H,1-3H3. The van der Waals surface area contributed by atoms with Gasteiger partial charge in [0.05, 0.1) is 30.3 Å². The van der Waals surface area contributed by atoms with Gasteiger partial charge in [0.1, 0.15) is 11.5 Å². The number of halogens is 1. The van der Waals surface area contributed by atoms with Gasteiger partial charge in [-0.3, -0.25) is 0 Å². The van der Waals surface area contributed by atoms with Crippen LogP contribution in [-0.4, -0.2) is 14.2 Å². The van der Waals surface area contributed by atoms with Crippen LogP contribution in [0.1, 0.15) is 17.8 Å². The highest BCUT2D eigenvalue weighted by Gasteiger charge is 2.11. The molecule has 102 valence electrons. The summed E-state index contributed by atoms with van der Waals surface area (Å²) in [5.74, 6) is 1.53. The van der Waals surface area contributed by atoms with Crippen molar-refractivity contribution in [2.75, 3.05) is 19.5 Å². The lowest BCUT2D eigenvalue weighted by Gasteiger charge is -2.17. The predicted molar refractivity (Wildman–Crippen MR) is 80.9 cm³/mol. The molecule has 0 aliphatic rings. The molecule has 1 aromatic carbocycles. The van der Waals surface area contributed by atoms with E-state index in [0.29, 0.717) is 0 Å². The van der Waals surface area contributed by atoms with Crippen molar-refractivity contribution >= 4 is 28.6 Å². The molecule has 0 bridgehead atoms. The third-order valence-electron chi connectivity index (χ3n) is 2.80. The van der Waals surface area contributed by atoms with E-state index in [4.69, 9.17) is 21.1 Å². The summed E-state index contributed by atoms with van der Waals surface area (Å²) >= 11 is 7.53. The fourth-order valence-electron chi connectivity index (χ4n) is 1.78. The second kappa shape index (κ2) is 6.17. The van der Waals surface area contributed by atoms with Crippen LogP contribution in [0.3, 0.4) is 0 Å². The average molecular weight is 298 g/mol. The number of hydrogen-bond donors (Lipinski definition) is 1. The molecule has 19 heavy (non-hydrogen) atoms. The van der Waals surface area contributed by atoms with Gasteiger partial charge >= 0.3 is 0 Å². The molecule has 3 nitrogen and oxygen atoms in total. The zero-order valence-corrected chi connectivity index (χ0v) is 12.6. The Kier molecular flexibility index (Phi) is 4.56. The number of rotatable bonds is 5. The van der Waals surface area contributed by atoms with Crippen LogP contribution in [0.4, 0.5) is 5.69 Å². The van der Waals surface area contributed by atoms with Crippen LogP contribution in [0.2, 0.25) is 4.34 Å². The van der Waals surface area contributed by atoms with Crippen LogP contribution < -0.4 is 14.8 Å². The first-order chi connectivity index (χ1) is 9.13. The molecule has 2 aromatic rings. The van der Waals surface area contributed by atoms with Gasteiger partial charge in [-0.05, 0) is 31.2 Å². The summed E-state index contributed by atoms with van der Waals surface area (Å²) in [6.07, 6.45) is 0. The van der Waals surface area contributed by atoms with Crippen LogP contribution >= 0.6 is 22.9 Å². The SMILES string of the molecule is COc1ccc(NC(C)c2ccc(Cl)s2)c(OC)c1. The van der Waals surface area contributed by atoms with E-state index in [9.17, 15) is 0 Å². The molecule has 1 unspecified atom stereocenters. The van der Waals surface area contributed by atoms with Crippen molar-refractivity contribution in [3.05, 3.63) is 39.5 Å². The number of hydrogen-bond acceptors (Lipinski definition) is 4. The lowest BCUT2D eigenvalue weighted by Crippen LogP contribution is -2.06. The van der Waals surface area contributed by atoms with Gasteiger partial charge in [0.25, 0.3) is 0 Å². The molecule has 0 aliphatic heterocycles. The van der Waals surface area contributed by atoms with Gasteiger partial charge in [-0.25, -0.2) is 0 Å². The van der Waals surface area contributed by atoms with Crippen molar-refractivity contribution in [3.63, 3.8) is 0 Å². The van der Waals surface area contributed by atoms with Crippen LogP contribution in [0.15, 0.2) is 30.3 Å². The van der Waals surface area contributed by atoms with Gasteiger partial charge in [-0.1, -0.05) is 11.6 Å².